The molecule has 2 aliphatic rings. The Morgan fingerprint density at radius 2 is 1.97 bits per heavy atom. The molecule has 1 aromatic carbocycles. The van der Waals surface area contributed by atoms with Gasteiger partial charge in [-0.25, -0.2) is 9.67 Å². The summed E-state index contributed by atoms with van der Waals surface area (Å²) >= 11 is 0. The SMILES string of the molecule is CN=C(NCc1ccc(-n2cncn2)cc1)NC1CCN(C(=O)C2CCCC2)C1.I. The number of aromatic nitrogens is 3. The minimum absolute atomic E-state index is 0. The number of nitrogens with zero attached hydrogens (tertiary/aromatic N) is 5. The number of carbonyl (C=O) groups excluding carboxylic acids is 1. The van der Waals surface area contributed by atoms with Crippen molar-refractivity contribution in [1.82, 2.24) is 30.3 Å². The zero-order chi connectivity index (χ0) is 20.1. The fourth-order valence-electron chi connectivity index (χ4n) is 4.19. The molecule has 1 saturated heterocycles. The summed E-state index contributed by atoms with van der Waals surface area (Å²) in [5.41, 5.74) is 2.13. The molecule has 1 aromatic heterocycles. The molecule has 1 atom stereocenters. The third kappa shape index (κ3) is 5.50. The van der Waals surface area contributed by atoms with Gasteiger partial charge in [-0.05, 0) is 37.0 Å². The van der Waals surface area contributed by atoms with Crippen molar-refractivity contribution in [3.63, 3.8) is 0 Å². The van der Waals surface area contributed by atoms with Gasteiger partial charge in [-0.3, -0.25) is 9.79 Å². The third-order valence-corrected chi connectivity index (χ3v) is 5.85. The molecule has 0 spiro atoms. The summed E-state index contributed by atoms with van der Waals surface area (Å²) in [4.78, 5) is 23.0. The Bertz CT molecular complexity index is 832. The van der Waals surface area contributed by atoms with E-state index < -0.39 is 0 Å². The number of amides is 1. The van der Waals surface area contributed by atoms with Crippen LogP contribution in [-0.2, 0) is 11.3 Å². The van der Waals surface area contributed by atoms with Gasteiger partial charge in [-0.1, -0.05) is 25.0 Å². The summed E-state index contributed by atoms with van der Waals surface area (Å²) in [6.45, 7) is 2.28. The molecule has 9 heteroatoms. The van der Waals surface area contributed by atoms with Gasteiger partial charge < -0.3 is 15.5 Å². The number of carbonyl (C=O) groups is 1. The molecular weight excluding hydrogens is 493 g/mol. The van der Waals surface area contributed by atoms with Gasteiger partial charge in [0.1, 0.15) is 12.7 Å². The van der Waals surface area contributed by atoms with E-state index in [4.69, 9.17) is 0 Å². The smallest absolute Gasteiger partial charge is 0.225 e. The molecule has 1 aliphatic carbocycles. The Balaban J connectivity index is 0.00000256. The monoisotopic (exact) mass is 523 g/mol. The van der Waals surface area contributed by atoms with Crippen LogP contribution in [-0.4, -0.2) is 57.7 Å². The van der Waals surface area contributed by atoms with Crippen molar-refractivity contribution in [3.05, 3.63) is 42.5 Å². The fraction of sp³-hybridized carbons (Fsp3) is 0.524. The Morgan fingerprint density at radius 3 is 2.63 bits per heavy atom. The van der Waals surface area contributed by atoms with E-state index in [1.165, 1.54) is 19.2 Å². The predicted octanol–water partition coefficient (Wildman–Crippen LogP) is 2.34. The van der Waals surface area contributed by atoms with Gasteiger partial charge in [0.15, 0.2) is 5.96 Å². The quantitative estimate of drug-likeness (QED) is 0.357. The summed E-state index contributed by atoms with van der Waals surface area (Å²) < 4.78 is 1.73. The van der Waals surface area contributed by atoms with Crippen LogP contribution in [0.1, 0.15) is 37.7 Å². The second kappa shape index (κ2) is 10.7. The molecule has 30 heavy (non-hydrogen) atoms. The molecule has 2 fully saturated rings. The molecule has 2 aromatic rings. The van der Waals surface area contributed by atoms with Crippen molar-refractivity contribution < 1.29 is 4.79 Å². The Kier molecular flexibility index (Phi) is 8.06. The maximum absolute atomic E-state index is 12.6. The van der Waals surface area contributed by atoms with Crippen molar-refractivity contribution in [3.8, 4) is 5.69 Å². The minimum atomic E-state index is 0. The van der Waals surface area contributed by atoms with E-state index in [-0.39, 0.29) is 35.9 Å². The van der Waals surface area contributed by atoms with Crippen molar-refractivity contribution in [2.45, 2.75) is 44.7 Å². The van der Waals surface area contributed by atoms with Crippen LogP contribution in [0.5, 0.6) is 0 Å². The largest absolute Gasteiger partial charge is 0.352 e. The summed E-state index contributed by atoms with van der Waals surface area (Å²) in [5.74, 6) is 1.37. The number of hydrogen-bond donors (Lipinski definition) is 2. The highest BCUT2D eigenvalue weighted by molar-refractivity contribution is 14.0. The van der Waals surface area contributed by atoms with Gasteiger partial charge in [0, 0.05) is 38.6 Å². The summed E-state index contributed by atoms with van der Waals surface area (Å²) in [5, 5.41) is 11.0. The zero-order valence-electron chi connectivity index (χ0n) is 17.3. The summed E-state index contributed by atoms with van der Waals surface area (Å²) in [6.07, 6.45) is 8.69. The van der Waals surface area contributed by atoms with Crippen LogP contribution in [0.3, 0.4) is 0 Å². The van der Waals surface area contributed by atoms with E-state index in [1.807, 2.05) is 17.0 Å². The van der Waals surface area contributed by atoms with Crippen LogP contribution >= 0.6 is 24.0 Å². The lowest BCUT2D eigenvalue weighted by atomic mass is 10.1. The molecule has 1 aliphatic heterocycles. The Hall–Kier alpha value is -2.17. The van der Waals surface area contributed by atoms with E-state index in [0.29, 0.717) is 12.5 Å². The highest BCUT2D eigenvalue weighted by atomic mass is 127. The molecule has 1 saturated carbocycles. The average Bonchev–Trinajstić information content (AvgIpc) is 3.53. The number of hydrogen-bond acceptors (Lipinski definition) is 4. The summed E-state index contributed by atoms with van der Waals surface area (Å²) in [6, 6.07) is 8.42. The van der Waals surface area contributed by atoms with Crippen molar-refractivity contribution in [2.75, 3.05) is 20.1 Å². The van der Waals surface area contributed by atoms with Crippen LogP contribution < -0.4 is 10.6 Å². The molecule has 0 radical (unpaired) electrons. The highest BCUT2D eigenvalue weighted by Gasteiger charge is 2.32. The molecule has 0 bridgehead atoms. The van der Waals surface area contributed by atoms with Gasteiger partial charge in [0.2, 0.25) is 5.91 Å². The van der Waals surface area contributed by atoms with Gasteiger partial charge in [-0.15, -0.1) is 24.0 Å². The van der Waals surface area contributed by atoms with Gasteiger partial charge in [0.05, 0.1) is 5.69 Å². The van der Waals surface area contributed by atoms with Gasteiger partial charge >= 0.3 is 0 Å². The second-order valence-corrected chi connectivity index (χ2v) is 7.83. The van der Waals surface area contributed by atoms with E-state index in [2.05, 4.69) is 37.8 Å². The maximum Gasteiger partial charge on any atom is 0.225 e. The number of rotatable bonds is 5. The number of likely N-dealkylation sites (tertiary alicyclic amines) is 1. The van der Waals surface area contributed by atoms with Crippen molar-refractivity contribution >= 4 is 35.8 Å². The van der Waals surface area contributed by atoms with Crippen LogP contribution in [0.2, 0.25) is 0 Å². The first-order chi connectivity index (χ1) is 14.2. The van der Waals surface area contributed by atoms with Crippen LogP contribution in [0.15, 0.2) is 41.9 Å². The molecule has 1 unspecified atom stereocenters. The van der Waals surface area contributed by atoms with E-state index in [0.717, 1.165) is 49.6 Å². The number of guanidine groups is 1. The number of halogens is 1. The maximum atomic E-state index is 12.6. The van der Waals surface area contributed by atoms with Crippen LogP contribution in [0.25, 0.3) is 5.69 Å². The van der Waals surface area contributed by atoms with Gasteiger partial charge in [-0.2, -0.15) is 5.10 Å². The first kappa shape index (κ1) is 22.5. The Labute approximate surface area is 194 Å². The normalized spacial score (nSPS) is 19.6. The zero-order valence-corrected chi connectivity index (χ0v) is 19.7. The lowest BCUT2D eigenvalue weighted by molar-refractivity contribution is -0.134. The molecular formula is C21H30IN7O. The van der Waals surface area contributed by atoms with E-state index in [1.54, 1.807) is 18.1 Å². The topological polar surface area (TPSA) is 87.4 Å². The lowest BCUT2D eigenvalue weighted by Crippen LogP contribution is -2.45. The van der Waals surface area contributed by atoms with Crippen LogP contribution in [0, 0.1) is 5.92 Å². The second-order valence-electron chi connectivity index (χ2n) is 7.83. The average molecular weight is 523 g/mol. The van der Waals surface area contributed by atoms with Crippen molar-refractivity contribution in [2.24, 2.45) is 10.9 Å². The number of aliphatic imine (C=N–C) groups is 1. The van der Waals surface area contributed by atoms with Crippen LogP contribution in [0.4, 0.5) is 0 Å². The molecule has 8 nitrogen and oxygen atoms in total. The molecule has 162 valence electrons. The van der Waals surface area contributed by atoms with Crippen molar-refractivity contribution in [1.29, 1.82) is 0 Å². The van der Waals surface area contributed by atoms with Gasteiger partial charge in [0.25, 0.3) is 0 Å². The lowest BCUT2D eigenvalue weighted by Gasteiger charge is -2.21. The number of nitrogens with one attached hydrogen (secondary N) is 2. The fourth-order valence-corrected chi connectivity index (χ4v) is 4.19. The minimum Gasteiger partial charge on any atom is -0.352 e. The predicted molar refractivity (Wildman–Crippen MR) is 127 cm³/mol. The standard InChI is InChI=1S/C21H29N7O.HI/c1-22-21(24-12-16-6-8-19(9-7-16)28-15-23-14-25-28)26-18-10-11-27(13-18)20(29)17-4-2-3-5-17;/h6-9,14-15,17-18H,2-5,10-13H2,1H3,(H2,22,24,26);1H. The molecule has 1 amide bonds. The number of benzene rings is 1. The summed E-state index contributed by atoms with van der Waals surface area (Å²) in [7, 11) is 1.78. The third-order valence-electron chi connectivity index (χ3n) is 5.85. The Morgan fingerprint density at radius 1 is 1.20 bits per heavy atom. The first-order valence-electron chi connectivity index (χ1n) is 10.4. The molecule has 4 rings (SSSR count). The highest BCUT2D eigenvalue weighted by Crippen LogP contribution is 2.27. The van der Waals surface area contributed by atoms with E-state index >= 15 is 0 Å². The molecule has 2 N–H and O–H groups in total. The molecule has 2 heterocycles. The van der Waals surface area contributed by atoms with E-state index in [9.17, 15) is 4.79 Å². The first-order valence-corrected chi connectivity index (χ1v) is 10.4.